The Morgan fingerprint density at radius 2 is 1.75 bits per heavy atom. The molecule has 1 aliphatic rings. The Morgan fingerprint density at radius 1 is 1.05 bits per heavy atom. The second-order valence-corrected chi connectivity index (χ2v) is 5.60. The van der Waals surface area contributed by atoms with Gasteiger partial charge in [0, 0.05) is 5.92 Å². The highest BCUT2D eigenvalue weighted by Crippen LogP contribution is 2.39. The van der Waals surface area contributed by atoms with E-state index in [0.29, 0.717) is 0 Å². The fraction of sp³-hybridized carbons (Fsp3) is 0.263. The van der Waals surface area contributed by atoms with Crippen LogP contribution in [0.3, 0.4) is 0 Å². The van der Waals surface area contributed by atoms with Gasteiger partial charge >= 0.3 is 0 Å². The monoisotopic (exact) mass is 264 g/mol. The van der Waals surface area contributed by atoms with Gasteiger partial charge in [0.15, 0.2) is 0 Å². The minimum absolute atomic E-state index is 0.106. The van der Waals surface area contributed by atoms with E-state index in [-0.39, 0.29) is 12.0 Å². The first-order valence-electron chi connectivity index (χ1n) is 7.23. The Morgan fingerprint density at radius 3 is 2.55 bits per heavy atom. The van der Waals surface area contributed by atoms with Crippen LogP contribution in [0.1, 0.15) is 29.0 Å². The molecule has 0 saturated heterocycles. The molecule has 0 saturated carbocycles. The largest absolute Gasteiger partial charge is 0.392 e. The molecule has 1 aliphatic carbocycles. The molecule has 2 atom stereocenters. The lowest BCUT2D eigenvalue weighted by Crippen LogP contribution is -2.18. The molecule has 2 aromatic rings. The van der Waals surface area contributed by atoms with Crippen molar-refractivity contribution in [3.8, 4) is 0 Å². The maximum absolute atomic E-state index is 10.6. The van der Waals surface area contributed by atoms with Crippen LogP contribution >= 0.6 is 0 Å². The molecule has 1 N–H and O–H groups in total. The van der Waals surface area contributed by atoms with Gasteiger partial charge in [0.05, 0.1) is 6.10 Å². The molecule has 0 heterocycles. The molecule has 0 spiro atoms. The molecule has 0 aliphatic heterocycles. The molecular formula is C19H20O. The predicted molar refractivity (Wildman–Crippen MR) is 82.8 cm³/mol. The molecule has 102 valence electrons. The van der Waals surface area contributed by atoms with E-state index in [1.807, 2.05) is 24.3 Å². The molecule has 0 aromatic heterocycles. The van der Waals surface area contributed by atoms with E-state index in [2.05, 4.69) is 36.9 Å². The summed E-state index contributed by atoms with van der Waals surface area (Å²) in [6.07, 6.45) is 2.26. The second kappa shape index (κ2) is 5.64. The standard InChI is InChI=1S/C19H20O/c1-14-13-16-9-5-6-10-17(16)19(14)18(20)12-11-15-7-3-2-4-8-15/h2-10,18-20H,1,11-13H2/t18-,19+/m1/s1. The Kier molecular flexibility index (Phi) is 3.70. The molecule has 3 rings (SSSR count). The van der Waals surface area contributed by atoms with Crippen molar-refractivity contribution in [3.63, 3.8) is 0 Å². The third kappa shape index (κ3) is 2.54. The van der Waals surface area contributed by atoms with E-state index in [4.69, 9.17) is 0 Å². The van der Waals surface area contributed by atoms with E-state index in [9.17, 15) is 5.11 Å². The van der Waals surface area contributed by atoms with Gasteiger partial charge in [-0.05, 0) is 36.0 Å². The van der Waals surface area contributed by atoms with E-state index in [1.54, 1.807) is 0 Å². The second-order valence-electron chi connectivity index (χ2n) is 5.60. The number of aryl methyl sites for hydroxylation is 1. The van der Waals surface area contributed by atoms with Crippen molar-refractivity contribution in [1.82, 2.24) is 0 Å². The van der Waals surface area contributed by atoms with Crippen molar-refractivity contribution < 1.29 is 5.11 Å². The number of aliphatic hydroxyl groups excluding tert-OH is 1. The van der Waals surface area contributed by atoms with Crippen LogP contribution < -0.4 is 0 Å². The summed E-state index contributed by atoms with van der Waals surface area (Å²) in [7, 11) is 0. The van der Waals surface area contributed by atoms with Gasteiger partial charge in [-0.2, -0.15) is 0 Å². The topological polar surface area (TPSA) is 20.2 Å². The lowest BCUT2D eigenvalue weighted by Gasteiger charge is -2.20. The maximum atomic E-state index is 10.6. The summed E-state index contributed by atoms with van der Waals surface area (Å²) in [5, 5.41) is 10.6. The van der Waals surface area contributed by atoms with Crippen LogP contribution in [0.15, 0.2) is 66.7 Å². The Balaban J connectivity index is 1.71. The van der Waals surface area contributed by atoms with E-state index in [0.717, 1.165) is 24.8 Å². The first-order valence-corrected chi connectivity index (χ1v) is 7.23. The van der Waals surface area contributed by atoms with E-state index >= 15 is 0 Å². The zero-order valence-corrected chi connectivity index (χ0v) is 11.6. The number of fused-ring (bicyclic) bond motifs is 1. The molecule has 20 heavy (non-hydrogen) atoms. The first-order chi connectivity index (χ1) is 9.75. The Labute approximate surface area is 120 Å². The van der Waals surface area contributed by atoms with Crippen LogP contribution in [0, 0.1) is 0 Å². The molecule has 0 radical (unpaired) electrons. The van der Waals surface area contributed by atoms with Crippen LogP contribution in [0.2, 0.25) is 0 Å². The van der Waals surface area contributed by atoms with Crippen molar-refractivity contribution >= 4 is 0 Å². The van der Waals surface area contributed by atoms with Crippen molar-refractivity contribution in [2.75, 3.05) is 0 Å². The Bertz CT molecular complexity index is 600. The third-order valence-electron chi connectivity index (χ3n) is 4.20. The molecule has 0 bridgehead atoms. The number of hydrogen-bond acceptors (Lipinski definition) is 1. The average Bonchev–Trinajstić information content (AvgIpc) is 2.82. The summed E-state index contributed by atoms with van der Waals surface area (Å²) in [6, 6.07) is 18.7. The molecular weight excluding hydrogens is 244 g/mol. The maximum Gasteiger partial charge on any atom is 0.0649 e. The number of benzene rings is 2. The highest BCUT2D eigenvalue weighted by Gasteiger charge is 2.30. The predicted octanol–water partition coefficient (Wildman–Crippen LogP) is 3.88. The zero-order chi connectivity index (χ0) is 13.9. The molecule has 0 amide bonds. The third-order valence-corrected chi connectivity index (χ3v) is 4.20. The van der Waals surface area contributed by atoms with Gasteiger partial charge in [-0.1, -0.05) is 66.7 Å². The van der Waals surface area contributed by atoms with Crippen molar-refractivity contribution in [2.45, 2.75) is 31.3 Å². The summed E-state index contributed by atoms with van der Waals surface area (Å²) in [4.78, 5) is 0. The molecule has 1 nitrogen and oxygen atoms in total. The molecule has 1 heteroatoms. The van der Waals surface area contributed by atoms with Crippen LogP contribution in [0.5, 0.6) is 0 Å². The molecule has 2 aromatic carbocycles. The molecule has 0 unspecified atom stereocenters. The summed E-state index contributed by atoms with van der Waals surface area (Å²) < 4.78 is 0. The zero-order valence-electron chi connectivity index (χ0n) is 11.6. The average molecular weight is 264 g/mol. The first kappa shape index (κ1) is 13.1. The lowest BCUT2D eigenvalue weighted by molar-refractivity contribution is 0.147. The van der Waals surface area contributed by atoms with Gasteiger partial charge in [0.2, 0.25) is 0 Å². The summed E-state index contributed by atoms with van der Waals surface area (Å²) in [5.74, 6) is 0.106. The van der Waals surface area contributed by atoms with Crippen molar-refractivity contribution in [2.24, 2.45) is 0 Å². The minimum atomic E-state index is -0.341. The lowest BCUT2D eigenvalue weighted by atomic mass is 9.89. The van der Waals surface area contributed by atoms with Crippen molar-refractivity contribution in [3.05, 3.63) is 83.4 Å². The smallest absolute Gasteiger partial charge is 0.0649 e. The quantitative estimate of drug-likeness (QED) is 0.831. The summed E-state index contributed by atoms with van der Waals surface area (Å²) >= 11 is 0. The van der Waals surface area contributed by atoms with E-state index in [1.165, 1.54) is 16.7 Å². The van der Waals surface area contributed by atoms with Crippen molar-refractivity contribution in [1.29, 1.82) is 0 Å². The van der Waals surface area contributed by atoms with Crippen LogP contribution in [0.4, 0.5) is 0 Å². The van der Waals surface area contributed by atoms with Crippen LogP contribution in [0.25, 0.3) is 0 Å². The SMILES string of the molecule is C=C1Cc2ccccc2[C@H]1[C@H](O)CCc1ccccc1. The number of aliphatic hydroxyl groups is 1. The van der Waals surface area contributed by atoms with Crippen LogP contribution in [-0.4, -0.2) is 11.2 Å². The summed E-state index contributed by atoms with van der Waals surface area (Å²) in [6.45, 7) is 4.17. The fourth-order valence-corrected chi connectivity index (χ4v) is 3.18. The normalized spacial score (nSPS) is 18.9. The van der Waals surface area contributed by atoms with Gasteiger partial charge in [0.1, 0.15) is 0 Å². The highest BCUT2D eigenvalue weighted by atomic mass is 16.3. The van der Waals surface area contributed by atoms with Gasteiger partial charge in [0.25, 0.3) is 0 Å². The number of rotatable bonds is 4. The Hall–Kier alpha value is -1.86. The molecule has 0 fully saturated rings. The van der Waals surface area contributed by atoms with Gasteiger partial charge in [-0.3, -0.25) is 0 Å². The van der Waals surface area contributed by atoms with Gasteiger partial charge < -0.3 is 5.11 Å². The highest BCUT2D eigenvalue weighted by molar-refractivity contribution is 5.45. The number of hydrogen-bond donors (Lipinski definition) is 1. The van der Waals surface area contributed by atoms with Gasteiger partial charge in [-0.15, -0.1) is 0 Å². The van der Waals surface area contributed by atoms with Gasteiger partial charge in [-0.25, -0.2) is 0 Å². The van der Waals surface area contributed by atoms with Crippen LogP contribution in [-0.2, 0) is 12.8 Å². The fourth-order valence-electron chi connectivity index (χ4n) is 3.18. The van der Waals surface area contributed by atoms with E-state index < -0.39 is 0 Å². The minimum Gasteiger partial charge on any atom is -0.392 e. The summed E-state index contributed by atoms with van der Waals surface area (Å²) in [5.41, 5.74) is 5.01.